The number of piperazine rings is 1. The Kier molecular flexibility index (Phi) is 11.3. The van der Waals surface area contributed by atoms with Crippen LogP contribution in [0.3, 0.4) is 0 Å². The van der Waals surface area contributed by atoms with E-state index in [9.17, 15) is 0 Å². The maximum Gasteiger partial charge on any atom is 0.0107 e. The van der Waals surface area contributed by atoms with Gasteiger partial charge in [0.15, 0.2) is 0 Å². The molecule has 0 unspecified atom stereocenters. The molecule has 1 heterocycles. The zero-order valence-electron chi connectivity index (χ0n) is 11.8. The third-order valence-electron chi connectivity index (χ3n) is 3.05. The van der Waals surface area contributed by atoms with Crippen LogP contribution in [0.15, 0.2) is 0 Å². The summed E-state index contributed by atoms with van der Waals surface area (Å²) >= 11 is 0. The van der Waals surface area contributed by atoms with E-state index in [4.69, 9.17) is 0 Å². The zero-order chi connectivity index (χ0) is 12.2. The molecular weight excluding hydrogens is 198 g/mol. The van der Waals surface area contributed by atoms with Crippen molar-refractivity contribution in [3.63, 3.8) is 0 Å². The first-order valence-electron chi connectivity index (χ1n) is 7.02. The molecule has 3 nitrogen and oxygen atoms in total. The SMILES string of the molecule is CC.CCN(CC)CCCN1CCNCC1. The van der Waals surface area contributed by atoms with Crippen LogP contribution in [0.25, 0.3) is 0 Å². The van der Waals surface area contributed by atoms with Gasteiger partial charge in [0.05, 0.1) is 0 Å². The van der Waals surface area contributed by atoms with Crippen LogP contribution in [-0.4, -0.2) is 62.2 Å². The number of nitrogens with one attached hydrogen (secondary N) is 1. The van der Waals surface area contributed by atoms with Crippen molar-refractivity contribution in [3.05, 3.63) is 0 Å². The van der Waals surface area contributed by atoms with Crippen LogP contribution in [0.4, 0.5) is 0 Å². The summed E-state index contributed by atoms with van der Waals surface area (Å²) in [6, 6.07) is 0. The molecule has 98 valence electrons. The molecule has 0 aromatic rings. The first kappa shape index (κ1) is 15.9. The topological polar surface area (TPSA) is 18.5 Å². The van der Waals surface area contributed by atoms with Gasteiger partial charge in [0, 0.05) is 26.2 Å². The molecule has 0 aromatic heterocycles. The summed E-state index contributed by atoms with van der Waals surface area (Å²) in [6.45, 7) is 18.2. The zero-order valence-corrected chi connectivity index (χ0v) is 11.8. The maximum atomic E-state index is 3.38. The number of nitrogens with zero attached hydrogens (tertiary/aromatic N) is 2. The van der Waals surface area contributed by atoms with Crippen LogP contribution in [0.1, 0.15) is 34.1 Å². The summed E-state index contributed by atoms with van der Waals surface area (Å²) < 4.78 is 0. The number of rotatable bonds is 6. The van der Waals surface area contributed by atoms with Crippen LogP contribution in [0.5, 0.6) is 0 Å². The maximum absolute atomic E-state index is 3.38. The Morgan fingerprint density at radius 1 is 1.06 bits per heavy atom. The Morgan fingerprint density at radius 2 is 1.62 bits per heavy atom. The molecule has 3 heteroatoms. The van der Waals surface area contributed by atoms with Crippen molar-refractivity contribution in [3.8, 4) is 0 Å². The van der Waals surface area contributed by atoms with E-state index in [0.717, 1.165) is 0 Å². The van der Waals surface area contributed by atoms with Crippen molar-refractivity contribution in [2.75, 3.05) is 52.4 Å². The normalized spacial score (nSPS) is 17.1. The minimum Gasteiger partial charge on any atom is -0.314 e. The highest BCUT2D eigenvalue weighted by Gasteiger charge is 2.08. The lowest BCUT2D eigenvalue weighted by Gasteiger charge is -2.28. The molecule has 0 amide bonds. The molecule has 16 heavy (non-hydrogen) atoms. The molecule has 0 radical (unpaired) electrons. The van der Waals surface area contributed by atoms with Gasteiger partial charge in [-0.05, 0) is 32.6 Å². The molecule has 1 N–H and O–H groups in total. The van der Waals surface area contributed by atoms with Crippen molar-refractivity contribution < 1.29 is 0 Å². The fraction of sp³-hybridized carbons (Fsp3) is 1.00. The van der Waals surface area contributed by atoms with Gasteiger partial charge >= 0.3 is 0 Å². The van der Waals surface area contributed by atoms with Crippen molar-refractivity contribution in [2.45, 2.75) is 34.1 Å². The largest absolute Gasteiger partial charge is 0.314 e. The molecule has 0 atom stereocenters. The standard InChI is InChI=1S/C11H25N3.C2H6/c1-3-13(4-2)8-5-9-14-10-6-12-7-11-14;1-2/h12H,3-11H2,1-2H3;1-2H3. The quantitative estimate of drug-likeness (QED) is 0.747. The second kappa shape index (κ2) is 11.4. The van der Waals surface area contributed by atoms with Crippen molar-refractivity contribution in [2.24, 2.45) is 0 Å². The van der Waals surface area contributed by atoms with Gasteiger partial charge in [-0.1, -0.05) is 27.7 Å². The van der Waals surface area contributed by atoms with Crippen LogP contribution >= 0.6 is 0 Å². The average molecular weight is 229 g/mol. The minimum atomic E-state index is 1.17. The first-order chi connectivity index (χ1) is 7.86. The first-order valence-corrected chi connectivity index (χ1v) is 7.02. The summed E-state index contributed by atoms with van der Waals surface area (Å²) in [5.41, 5.74) is 0. The second-order valence-corrected chi connectivity index (χ2v) is 3.97. The molecule has 0 aliphatic carbocycles. The Bertz CT molecular complexity index is 129. The van der Waals surface area contributed by atoms with E-state index in [1.54, 1.807) is 0 Å². The summed E-state index contributed by atoms with van der Waals surface area (Å²) in [7, 11) is 0. The van der Waals surface area contributed by atoms with E-state index in [0.29, 0.717) is 0 Å². The lowest BCUT2D eigenvalue weighted by atomic mass is 10.3. The predicted octanol–water partition coefficient (Wildman–Crippen LogP) is 1.65. The molecule has 0 bridgehead atoms. The lowest BCUT2D eigenvalue weighted by molar-refractivity contribution is 0.216. The van der Waals surface area contributed by atoms with Crippen molar-refractivity contribution in [1.82, 2.24) is 15.1 Å². The molecule has 1 fully saturated rings. The van der Waals surface area contributed by atoms with Gasteiger partial charge in [0.1, 0.15) is 0 Å². The highest BCUT2D eigenvalue weighted by molar-refractivity contribution is 4.67. The summed E-state index contributed by atoms with van der Waals surface area (Å²) in [4.78, 5) is 5.07. The molecule has 0 saturated carbocycles. The van der Waals surface area contributed by atoms with E-state index in [2.05, 4.69) is 29.0 Å². The third kappa shape index (κ3) is 7.20. The van der Waals surface area contributed by atoms with Crippen LogP contribution in [-0.2, 0) is 0 Å². The summed E-state index contributed by atoms with van der Waals surface area (Å²) in [5.74, 6) is 0. The van der Waals surface area contributed by atoms with Gasteiger partial charge in [0.25, 0.3) is 0 Å². The van der Waals surface area contributed by atoms with E-state index < -0.39 is 0 Å². The molecular formula is C13H31N3. The minimum absolute atomic E-state index is 1.17. The molecule has 0 aromatic carbocycles. The molecule has 1 aliphatic heterocycles. The van der Waals surface area contributed by atoms with Gasteiger partial charge in [-0.3, -0.25) is 0 Å². The molecule has 1 saturated heterocycles. The lowest BCUT2D eigenvalue weighted by Crippen LogP contribution is -2.44. The van der Waals surface area contributed by atoms with E-state index in [1.165, 1.54) is 58.8 Å². The van der Waals surface area contributed by atoms with E-state index in [-0.39, 0.29) is 0 Å². The van der Waals surface area contributed by atoms with Crippen molar-refractivity contribution >= 4 is 0 Å². The fourth-order valence-corrected chi connectivity index (χ4v) is 1.99. The number of hydrogen-bond acceptors (Lipinski definition) is 3. The predicted molar refractivity (Wildman–Crippen MR) is 73.1 cm³/mol. The molecule has 1 aliphatic rings. The van der Waals surface area contributed by atoms with E-state index in [1.807, 2.05) is 13.8 Å². The Hall–Kier alpha value is -0.120. The summed E-state index contributed by atoms with van der Waals surface area (Å²) in [5, 5.41) is 3.38. The smallest absolute Gasteiger partial charge is 0.0107 e. The van der Waals surface area contributed by atoms with Gasteiger partial charge in [-0.2, -0.15) is 0 Å². The van der Waals surface area contributed by atoms with Crippen LogP contribution < -0.4 is 5.32 Å². The van der Waals surface area contributed by atoms with Gasteiger partial charge in [0.2, 0.25) is 0 Å². The van der Waals surface area contributed by atoms with Crippen LogP contribution in [0, 0.1) is 0 Å². The van der Waals surface area contributed by atoms with Gasteiger partial charge < -0.3 is 15.1 Å². The Labute approximate surface area is 102 Å². The fourth-order valence-electron chi connectivity index (χ4n) is 1.99. The van der Waals surface area contributed by atoms with Crippen LogP contribution in [0.2, 0.25) is 0 Å². The number of hydrogen-bond donors (Lipinski definition) is 1. The highest BCUT2D eigenvalue weighted by Crippen LogP contribution is 1.96. The molecule has 1 rings (SSSR count). The van der Waals surface area contributed by atoms with Gasteiger partial charge in [-0.25, -0.2) is 0 Å². The summed E-state index contributed by atoms with van der Waals surface area (Å²) in [6.07, 6.45) is 1.32. The molecule has 0 spiro atoms. The van der Waals surface area contributed by atoms with Crippen molar-refractivity contribution in [1.29, 1.82) is 0 Å². The highest BCUT2D eigenvalue weighted by atomic mass is 15.2. The van der Waals surface area contributed by atoms with Gasteiger partial charge in [-0.15, -0.1) is 0 Å². The third-order valence-corrected chi connectivity index (χ3v) is 3.05. The second-order valence-electron chi connectivity index (χ2n) is 3.97. The average Bonchev–Trinajstić information content (AvgIpc) is 2.38. The Balaban J connectivity index is 0.00000106. The Morgan fingerprint density at radius 3 is 2.12 bits per heavy atom. The van der Waals surface area contributed by atoms with E-state index >= 15 is 0 Å². The monoisotopic (exact) mass is 229 g/mol.